The molecule has 0 unspecified atom stereocenters. The summed E-state index contributed by atoms with van der Waals surface area (Å²) in [4.78, 5) is 12.6. The number of aliphatic hydroxyl groups is 1. The summed E-state index contributed by atoms with van der Waals surface area (Å²) in [7, 11) is 0. The van der Waals surface area contributed by atoms with Gasteiger partial charge in [-0.05, 0) is 31.2 Å². The summed E-state index contributed by atoms with van der Waals surface area (Å²) in [5.41, 5.74) is -0.511. The van der Waals surface area contributed by atoms with E-state index in [0.717, 1.165) is 10.2 Å². The Morgan fingerprint density at radius 1 is 1.35 bits per heavy atom. The first kappa shape index (κ1) is 15.2. The van der Waals surface area contributed by atoms with Crippen LogP contribution in [0.15, 0.2) is 33.8 Å². The minimum absolute atomic E-state index is 0.285. The van der Waals surface area contributed by atoms with Crippen LogP contribution < -0.4 is 0 Å². The number of halogens is 1. The van der Waals surface area contributed by atoms with Gasteiger partial charge < -0.3 is 5.11 Å². The average Bonchev–Trinajstić information content (AvgIpc) is 2.65. The molecule has 1 aliphatic heterocycles. The first-order valence-electron chi connectivity index (χ1n) is 6.52. The molecule has 1 N–H and O–H groups in total. The van der Waals surface area contributed by atoms with Gasteiger partial charge in [0.25, 0.3) is 5.91 Å². The molecule has 108 valence electrons. The fourth-order valence-electron chi connectivity index (χ4n) is 2.23. The van der Waals surface area contributed by atoms with Gasteiger partial charge in [0.2, 0.25) is 0 Å². The first-order valence-corrected chi connectivity index (χ1v) is 7.31. The molecule has 0 saturated heterocycles. The smallest absolute Gasteiger partial charge is 0.276 e. The largest absolute Gasteiger partial charge is 0.368 e. The molecule has 0 saturated carbocycles. The van der Waals surface area contributed by atoms with Crippen molar-refractivity contribution in [1.29, 1.82) is 0 Å². The van der Waals surface area contributed by atoms with Crippen LogP contribution in [0.4, 0.5) is 0 Å². The molecule has 4 nitrogen and oxygen atoms in total. The third kappa shape index (κ3) is 2.52. The fraction of sp³-hybridized carbons (Fsp3) is 0.467. The van der Waals surface area contributed by atoms with Crippen LogP contribution in [0.25, 0.3) is 0 Å². The number of carbonyl (C=O) groups is 1. The Hall–Kier alpha value is -1.20. The molecule has 1 aliphatic rings. The molecule has 1 amide bonds. The number of hydrazone groups is 1. The van der Waals surface area contributed by atoms with E-state index in [1.807, 2.05) is 27.7 Å². The molecule has 1 aromatic rings. The lowest BCUT2D eigenvalue weighted by atomic mass is 9.80. The summed E-state index contributed by atoms with van der Waals surface area (Å²) >= 11 is 3.34. The zero-order chi connectivity index (χ0) is 15.1. The number of hydrogen-bond acceptors (Lipinski definition) is 3. The molecule has 1 aromatic carbocycles. The standard InChI is InChI=1S/C15H19BrN2O2/c1-10-9-15(20,14(2,3)4)18(17-10)13(19)11-5-7-12(16)8-6-11/h5-8,20H,9H2,1-4H3/t15-/m0/s1. The van der Waals surface area contributed by atoms with Gasteiger partial charge in [0.05, 0.1) is 0 Å². The van der Waals surface area contributed by atoms with E-state index < -0.39 is 11.1 Å². The minimum Gasteiger partial charge on any atom is -0.368 e. The Kier molecular flexibility index (Phi) is 3.77. The molecule has 0 aliphatic carbocycles. The van der Waals surface area contributed by atoms with Gasteiger partial charge in [-0.2, -0.15) is 10.1 Å². The summed E-state index contributed by atoms with van der Waals surface area (Å²) in [5, 5.41) is 16.4. The van der Waals surface area contributed by atoms with Crippen molar-refractivity contribution in [3.63, 3.8) is 0 Å². The van der Waals surface area contributed by atoms with E-state index in [9.17, 15) is 9.90 Å². The second-order valence-electron chi connectivity index (χ2n) is 6.20. The summed E-state index contributed by atoms with van der Waals surface area (Å²) < 4.78 is 0.904. The van der Waals surface area contributed by atoms with Crippen LogP contribution in [0, 0.1) is 5.41 Å². The predicted molar refractivity (Wildman–Crippen MR) is 82.4 cm³/mol. The van der Waals surface area contributed by atoms with Gasteiger partial charge in [-0.15, -0.1) is 0 Å². The summed E-state index contributed by atoms with van der Waals surface area (Å²) in [5.74, 6) is -0.285. The van der Waals surface area contributed by atoms with Crippen LogP contribution in [0.3, 0.4) is 0 Å². The van der Waals surface area contributed by atoms with Gasteiger partial charge >= 0.3 is 0 Å². The Balaban J connectivity index is 2.39. The van der Waals surface area contributed by atoms with Crippen molar-refractivity contribution in [2.24, 2.45) is 10.5 Å². The number of carbonyl (C=O) groups excluding carboxylic acids is 1. The second kappa shape index (κ2) is 4.97. The molecule has 0 fully saturated rings. The lowest BCUT2D eigenvalue weighted by Gasteiger charge is -2.41. The minimum atomic E-state index is -1.29. The number of rotatable bonds is 1. The maximum absolute atomic E-state index is 12.6. The van der Waals surface area contributed by atoms with E-state index >= 15 is 0 Å². The van der Waals surface area contributed by atoms with Crippen molar-refractivity contribution in [1.82, 2.24) is 5.01 Å². The zero-order valence-electron chi connectivity index (χ0n) is 12.1. The molecule has 0 radical (unpaired) electrons. The normalized spacial score (nSPS) is 22.9. The second-order valence-corrected chi connectivity index (χ2v) is 7.12. The maximum atomic E-state index is 12.6. The highest BCUT2D eigenvalue weighted by Crippen LogP contribution is 2.41. The Bertz CT molecular complexity index is 560. The van der Waals surface area contributed by atoms with Crippen molar-refractivity contribution in [3.8, 4) is 0 Å². The number of benzene rings is 1. The van der Waals surface area contributed by atoms with Crippen LogP contribution in [-0.4, -0.2) is 27.5 Å². The number of amides is 1. The van der Waals surface area contributed by atoms with Crippen molar-refractivity contribution in [3.05, 3.63) is 34.3 Å². The molecule has 20 heavy (non-hydrogen) atoms. The Morgan fingerprint density at radius 3 is 2.40 bits per heavy atom. The monoisotopic (exact) mass is 338 g/mol. The highest BCUT2D eigenvalue weighted by Gasteiger charge is 2.51. The zero-order valence-corrected chi connectivity index (χ0v) is 13.7. The highest BCUT2D eigenvalue weighted by atomic mass is 79.9. The molecule has 5 heteroatoms. The van der Waals surface area contributed by atoms with Crippen LogP contribution in [0.5, 0.6) is 0 Å². The summed E-state index contributed by atoms with van der Waals surface area (Å²) in [6, 6.07) is 7.05. The van der Waals surface area contributed by atoms with E-state index in [1.54, 1.807) is 24.3 Å². The van der Waals surface area contributed by atoms with Crippen molar-refractivity contribution in [2.45, 2.75) is 39.8 Å². The van der Waals surface area contributed by atoms with Gasteiger partial charge in [0.15, 0.2) is 5.72 Å². The van der Waals surface area contributed by atoms with E-state index in [4.69, 9.17) is 0 Å². The van der Waals surface area contributed by atoms with Gasteiger partial charge in [-0.3, -0.25) is 4.79 Å². The lowest BCUT2D eigenvalue weighted by Crippen LogP contribution is -2.54. The molecule has 0 aromatic heterocycles. The van der Waals surface area contributed by atoms with Crippen molar-refractivity contribution < 1.29 is 9.90 Å². The molecule has 2 rings (SSSR count). The van der Waals surface area contributed by atoms with Crippen molar-refractivity contribution in [2.75, 3.05) is 0 Å². The van der Waals surface area contributed by atoms with Gasteiger partial charge in [0.1, 0.15) is 0 Å². The van der Waals surface area contributed by atoms with Gasteiger partial charge in [-0.1, -0.05) is 36.7 Å². The number of hydrogen-bond donors (Lipinski definition) is 1. The quantitative estimate of drug-likeness (QED) is 0.853. The topological polar surface area (TPSA) is 52.9 Å². The van der Waals surface area contributed by atoms with Crippen LogP contribution in [0.2, 0.25) is 0 Å². The Labute approximate surface area is 127 Å². The molecule has 1 heterocycles. The summed E-state index contributed by atoms with van der Waals surface area (Å²) in [6.07, 6.45) is 0.374. The average molecular weight is 339 g/mol. The van der Waals surface area contributed by atoms with Gasteiger partial charge in [-0.25, -0.2) is 0 Å². The van der Waals surface area contributed by atoms with Crippen LogP contribution in [0.1, 0.15) is 44.5 Å². The molecular formula is C15H19BrN2O2. The predicted octanol–water partition coefficient (Wildman–Crippen LogP) is 3.41. The number of nitrogens with zero attached hydrogens (tertiary/aromatic N) is 2. The van der Waals surface area contributed by atoms with E-state index in [1.165, 1.54) is 5.01 Å². The highest BCUT2D eigenvalue weighted by molar-refractivity contribution is 9.10. The lowest BCUT2D eigenvalue weighted by molar-refractivity contribution is -0.143. The summed E-state index contributed by atoms with van der Waals surface area (Å²) in [6.45, 7) is 7.54. The molecule has 0 spiro atoms. The van der Waals surface area contributed by atoms with Gasteiger partial charge in [0, 0.05) is 27.6 Å². The van der Waals surface area contributed by atoms with E-state index in [0.29, 0.717) is 12.0 Å². The van der Waals surface area contributed by atoms with Crippen molar-refractivity contribution >= 4 is 27.5 Å². The Morgan fingerprint density at radius 2 is 1.90 bits per heavy atom. The molecule has 1 atom stereocenters. The SMILES string of the molecule is CC1=NN(C(=O)c2ccc(Br)cc2)[C@@](O)(C(C)(C)C)C1. The van der Waals surface area contributed by atoms with E-state index in [-0.39, 0.29) is 5.91 Å². The third-order valence-corrected chi connectivity index (χ3v) is 4.14. The fourth-order valence-corrected chi connectivity index (χ4v) is 2.50. The molecular weight excluding hydrogens is 320 g/mol. The van der Waals surface area contributed by atoms with Crippen LogP contribution in [-0.2, 0) is 0 Å². The molecule has 0 bridgehead atoms. The van der Waals surface area contributed by atoms with E-state index in [2.05, 4.69) is 21.0 Å². The maximum Gasteiger partial charge on any atom is 0.276 e. The third-order valence-electron chi connectivity index (χ3n) is 3.61. The first-order chi connectivity index (χ1) is 9.15. The van der Waals surface area contributed by atoms with Crippen LogP contribution >= 0.6 is 15.9 Å².